The van der Waals surface area contributed by atoms with E-state index in [2.05, 4.69) is 24.3 Å². The van der Waals surface area contributed by atoms with Crippen molar-refractivity contribution in [3.05, 3.63) is 11.9 Å². The van der Waals surface area contributed by atoms with Crippen LogP contribution in [0.25, 0.3) is 0 Å². The third kappa shape index (κ3) is 2.98. The third-order valence-electron chi connectivity index (χ3n) is 2.38. The lowest BCUT2D eigenvalue weighted by Gasteiger charge is -2.16. The fourth-order valence-electron chi connectivity index (χ4n) is 1.79. The van der Waals surface area contributed by atoms with Gasteiger partial charge in [-0.3, -0.25) is 9.48 Å². The van der Waals surface area contributed by atoms with Crippen molar-refractivity contribution in [1.82, 2.24) is 15.1 Å². The van der Waals surface area contributed by atoms with Gasteiger partial charge in [0.1, 0.15) is 5.69 Å². The molecule has 0 spiro atoms. The van der Waals surface area contributed by atoms with Crippen molar-refractivity contribution in [3.8, 4) is 0 Å². The highest BCUT2D eigenvalue weighted by Crippen LogP contribution is 2.10. The molecular weight excluding hydrogens is 204 g/mol. The molecule has 0 aliphatic carbocycles. The molecule has 1 atom stereocenters. The van der Waals surface area contributed by atoms with Crippen LogP contribution >= 0.6 is 0 Å². The highest BCUT2D eigenvalue weighted by atomic mass is 16.2. The first-order valence-electron chi connectivity index (χ1n) is 5.50. The molecule has 1 aromatic rings. The van der Waals surface area contributed by atoms with Crippen LogP contribution in [0.4, 0.5) is 5.69 Å². The zero-order valence-electron chi connectivity index (χ0n) is 10.3. The Morgan fingerprint density at radius 1 is 1.56 bits per heavy atom. The number of nitrogens with one attached hydrogen (secondary N) is 1. The van der Waals surface area contributed by atoms with E-state index in [0.29, 0.717) is 17.3 Å². The second kappa shape index (κ2) is 5.01. The molecule has 3 N–H and O–H groups in total. The Hall–Kier alpha value is -1.52. The molecule has 0 radical (unpaired) electrons. The van der Waals surface area contributed by atoms with Crippen LogP contribution in [0, 0.1) is 5.92 Å². The largest absolute Gasteiger partial charge is 0.396 e. The zero-order valence-corrected chi connectivity index (χ0v) is 10.3. The van der Waals surface area contributed by atoms with E-state index in [1.54, 1.807) is 7.05 Å². The van der Waals surface area contributed by atoms with Crippen molar-refractivity contribution in [2.24, 2.45) is 13.0 Å². The molecule has 0 aliphatic heterocycles. The molecule has 1 amide bonds. The molecule has 0 bridgehead atoms. The average molecular weight is 224 g/mol. The van der Waals surface area contributed by atoms with E-state index in [1.807, 2.05) is 6.92 Å². The van der Waals surface area contributed by atoms with Gasteiger partial charge in [-0.05, 0) is 19.3 Å². The number of hydrogen-bond acceptors (Lipinski definition) is 3. The van der Waals surface area contributed by atoms with E-state index >= 15 is 0 Å². The Balaban J connectivity index is 2.66. The minimum absolute atomic E-state index is 0.141. The van der Waals surface area contributed by atoms with Gasteiger partial charge in [-0.15, -0.1) is 0 Å². The number of anilines is 1. The van der Waals surface area contributed by atoms with Gasteiger partial charge in [0.15, 0.2) is 0 Å². The van der Waals surface area contributed by atoms with Gasteiger partial charge in [0, 0.05) is 13.1 Å². The fraction of sp³-hybridized carbons (Fsp3) is 0.636. The average Bonchev–Trinajstić information content (AvgIpc) is 2.44. The molecule has 1 aromatic heterocycles. The number of nitrogen functional groups attached to an aromatic ring is 1. The van der Waals surface area contributed by atoms with Crippen LogP contribution in [-0.4, -0.2) is 21.7 Å². The minimum atomic E-state index is -0.161. The molecule has 0 saturated heterocycles. The van der Waals surface area contributed by atoms with Gasteiger partial charge in [0.05, 0.1) is 11.9 Å². The van der Waals surface area contributed by atoms with E-state index in [-0.39, 0.29) is 11.9 Å². The highest BCUT2D eigenvalue weighted by Gasteiger charge is 2.17. The number of hydrogen-bond donors (Lipinski definition) is 2. The molecule has 5 heteroatoms. The lowest BCUT2D eigenvalue weighted by molar-refractivity contribution is 0.0927. The van der Waals surface area contributed by atoms with Crippen LogP contribution in [-0.2, 0) is 7.05 Å². The first kappa shape index (κ1) is 12.5. The van der Waals surface area contributed by atoms with Crippen LogP contribution in [0.2, 0.25) is 0 Å². The number of rotatable bonds is 4. The van der Waals surface area contributed by atoms with Crippen LogP contribution in [0.15, 0.2) is 6.20 Å². The van der Waals surface area contributed by atoms with Crippen molar-refractivity contribution in [2.45, 2.75) is 33.2 Å². The van der Waals surface area contributed by atoms with Gasteiger partial charge in [-0.25, -0.2) is 0 Å². The summed E-state index contributed by atoms with van der Waals surface area (Å²) in [5.74, 6) is 0.393. The summed E-state index contributed by atoms with van der Waals surface area (Å²) in [7, 11) is 1.71. The fourth-order valence-corrected chi connectivity index (χ4v) is 1.79. The van der Waals surface area contributed by atoms with Gasteiger partial charge in [-0.1, -0.05) is 13.8 Å². The quantitative estimate of drug-likeness (QED) is 0.806. The Bertz CT molecular complexity index is 351. The lowest BCUT2D eigenvalue weighted by atomic mass is 10.1. The molecule has 16 heavy (non-hydrogen) atoms. The first-order valence-corrected chi connectivity index (χ1v) is 5.50. The van der Waals surface area contributed by atoms with Crippen molar-refractivity contribution >= 4 is 11.6 Å². The smallest absolute Gasteiger partial charge is 0.271 e. The maximum atomic E-state index is 11.9. The summed E-state index contributed by atoms with van der Waals surface area (Å²) >= 11 is 0. The maximum absolute atomic E-state index is 11.9. The van der Waals surface area contributed by atoms with Crippen LogP contribution in [0.1, 0.15) is 37.7 Å². The summed E-state index contributed by atoms with van der Waals surface area (Å²) in [6, 6.07) is 0.141. The van der Waals surface area contributed by atoms with Crippen molar-refractivity contribution in [1.29, 1.82) is 0 Å². The number of nitrogens with two attached hydrogens (primary N) is 1. The Labute approximate surface area is 96.0 Å². The third-order valence-corrected chi connectivity index (χ3v) is 2.38. The van der Waals surface area contributed by atoms with Gasteiger partial charge < -0.3 is 11.1 Å². The number of aromatic nitrogens is 2. The maximum Gasteiger partial charge on any atom is 0.271 e. The molecule has 0 aromatic carbocycles. The predicted octanol–water partition coefficient (Wildman–Crippen LogP) is 1.17. The number of nitrogens with zero attached hydrogens (tertiary/aromatic N) is 2. The number of aryl methyl sites for hydroxylation is 1. The van der Waals surface area contributed by atoms with Crippen molar-refractivity contribution < 1.29 is 4.79 Å². The highest BCUT2D eigenvalue weighted by molar-refractivity contribution is 5.97. The minimum Gasteiger partial charge on any atom is -0.396 e. The van der Waals surface area contributed by atoms with Gasteiger partial charge in [0.25, 0.3) is 5.91 Å². The molecule has 1 rings (SSSR count). The number of amides is 1. The molecular formula is C11H20N4O. The molecule has 1 heterocycles. The SMILES string of the molecule is CC(C)CC(C)NC(=O)c1c(N)cnn1C. The van der Waals surface area contributed by atoms with E-state index in [4.69, 9.17) is 5.73 Å². The lowest BCUT2D eigenvalue weighted by Crippen LogP contribution is -2.35. The number of carbonyl (C=O) groups excluding carboxylic acids is 1. The second-order valence-corrected chi connectivity index (χ2v) is 4.58. The summed E-state index contributed by atoms with van der Waals surface area (Å²) < 4.78 is 1.49. The topological polar surface area (TPSA) is 72.9 Å². The summed E-state index contributed by atoms with van der Waals surface area (Å²) in [5.41, 5.74) is 6.52. The second-order valence-electron chi connectivity index (χ2n) is 4.58. The molecule has 0 aliphatic rings. The molecule has 0 fully saturated rings. The normalized spacial score (nSPS) is 12.8. The first-order chi connectivity index (χ1) is 7.41. The van der Waals surface area contributed by atoms with Crippen molar-refractivity contribution in [2.75, 3.05) is 5.73 Å². The van der Waals surface area contributed by atoms with Gasteiger partial charge in [0.2, 0.25) is 0 Å². The predicted molar refractivity (Wildman–Crippen MR) is 64.0 cm³/mol. The van der Waals surface area contributed by atoms with E-state index in [0.717, 1.165) is 6.42 Å². The summed E-state index contributed by atoms with van der Waals surface area (Å²) in [6.45, 7) is 6.24. The van der Waals surface area contributed by atoms with Gasteiger partial charge in [-0.2, -0.15) is 5.10 Å². The van der Waals surface area contributed by atoms with Crippen molar-refractivity contribution in [3.63, 3.8) is 0 Å². The summed E-state index contributed by atoms with van der Waals surface area (Å²) in [4.78, 5) is 11.9. The Morgan fingerprint density at radius 3 is 2.62 bits per heavy atom. The Morgan fingerprint density at radius 2 is 2.19 bits per heavy atom. The van der Waals surface area contributed by atoms with E-state index in [1.165, 1.54) is 10.9 Å². The monoisotopic (exact) mass is 224 g/mol. The molecule has 0 saturated carbocycles. The van der Waals surface area contributed by atoms with Crippen LogP contribution in [0.5, 0.6) is 0 Å². The zero-order chi connectivity index (χ0) is 12.3. The van der Waals surface area contributed by atoms with E-state index < -0.39 is 0 Å². The molecule has 90 valence electrons. The van der Waals surface area contributed by atoms with Crippen LogP contribution in [0.3, 0.4) is 0 Å². The molecule has 1 unspecified atom stereocenters. The molecule has 5 nitrogen and oxygen atoms in total. The van der Waals surface area contributed by atoms with E-state index in [9.17, 15) is 4.79 Å². The summed E-state index contributed by atoms with van der Waals surface area (Å²) in [6.07, 6.45) is 2.44. The summed E-state index contributed by atoms with van der Waals surface area (Å²) in [5, 5.41) is 6.85. The standard InChI is InChI=1S/C11H20N4O/c1-7(2)5-8(3)14-11(16)10-9(12)6-13-15(10)4/h6-8H,5,12H2,1-4H3,(H,14,16). The Kier molecular flexibility index (Phi) is 3.93. The van der Waals surface area contributed by atoms with Gasteiger partial charge >= 0.3 is 0 Å². The van der Waals surface area contributed by atoms with Crippen LogP contribution < -0.4 is 11.1 Å². The number of carbonyl (C=O) groups is 1.